The Labute approximate surface area is 175 Å². The van der Waals surface area contributed by atoms with Crippen molar-refractivity contribution in [2.24, 2.45) is 5.10 Å². The van der Waals surface area contributed by atoms with Crippen LogP contribution >= 0.6 is 22.9 Å². The number of rotatable bonds is 7. The highest BCUT2D eigenvalue weighted by atomic mass is 35.5. The molecule has 3 aromatic rings. The quantitative estimate of drug-likeness (QED) is 0.443. The Morgan fingerprint density at radius 1 is 1.17 bits per heavy atom. The van der Waals surface area contributed by atoms with Crippen molar-refractivity contribution in [3.05, 3.63) is 69.7 Å². The second-order valence-corrected chi connectivity index (χ2v) is 7.14. The molecule has 8 nitrogen and oxygen atoms in total. The van der Waals surface area contributed by atoms with Gasteiger partial charge in [0.1, 0.15) is 10.8 Å². The first-order valence-corrected chi connectivity index (χ1v) is 9.59. The van der Waals surface area contributed by atoms with E-state index >= 15 is 0 Å². The molecule has 2 N–H and O–H groups in total. The molecule has 29 heavy (non-hydrogen) atoms. The topological polar surface area (TPSA) is 106 Å². The van der Waals surface area contributed by atoms with Gasteiger partial charge in [-0.25, -0.2) is 5.43 Å². The summed E-state index contributed by atoms with van der Waals surface area (Å²) in [4.78, 5) is 24.2. The molecular weight excluding hydrogens is 414 g/mol. The van der Waals surface area contributed by atoms with E-state index in [0.29, 0.717) is 32.0 Å². The summed E-state index contributed by atoms with van der Waals surface area (Å²) < 4.78 is 5.06. The van der Waals surface area contributed by atoms with E-state index in [2.05, 4.69) is 26.0 Å². The van der Waals surface area contributed by atoms with Crippen molar-refractivity contribution in [3.63, 3.8) is 0 Å². The van der Waals surface area contributed by atoms with Crippen LogP contribution in [0.2, 0.25) is 5.02 Å². The lowest BCUT2D eigenvalue weighted by atomic mass is 10.2. The molecule has 0 atom stereocenters. The van der Waals surface area contributed by atoms with Crippen molar-refractivity contribution in [2.45, 2.75) is 6.42 Å². The van der Waals surface area contributed by atoms with Gasteiger partial charge in [-0.15, -0.1) is 10.2 Å². The monoisotopic (exact) mass is 429 g/mol. The fourth-order valence-electron chi connectivity index (χ4n) is 2.22. The number of nitrogens with zero attached hydrogens (tertiary/aromatic N) is 3. The van der Waals surface area contributed by atoms with Crippen LogP contribution in [0.25, 0.3) is 0 Å². The van der Waals surface area contributed by atoms with Crippen LogP contribution in [0.3, 0.4) is 0 Å². The summed E-state index contributed by atoms with van der Waals surface area (Å²) in [6.07, 6.45) is 1.44. The smallest absolute Gasteiger partial charge is 0.257 e. The minimum Gasteiger partial charge on any atom is -0.497 e. The van der Waals surface area contributed by atoms with Crippen molar-refractivity contribution in [2.75, 3.05) is 12.4 Å². The lowest BCUT2D eigenvalue weighted by molar-refractivity contribution is -0.120. The molecule has 3 rings (SSSR count). The van der Waals surface area contributed by atoms with Gasteiger partial charge in [0.25, 0.3) is 5.91 Å². The number of benzene rings is 2. The molecule has 2 amide bonds. The number of ether oxygens (including phenoxy) is 1. The number of hydrogen-bond acceptors (Lipinski definition) is 7. The minimum absolute atomic E-state index is 0.0179. The van der Waals surface area contributed by atoms with Crippen LogP contribution in [0, 0.1) is 0 Å². The van der Waals surface area contributed by atoms with Gasteiger partial charge >= 0.3 is 0 Å². The van der Waals surface area contributed by atoms with E-state index in [-0.39, 0.29) is 18.2 Å². The molecule has 148 valence electrons. The van der Waals surface area contributed by atoms with Crippen LogP contribution in [0.1, 0.15) is 20.9 Å². The first kappa shape index (κ1) is 20.4. The molecule has 0 unspecified atom stereocenters. The maximum absolute atomic E-state index is 12.2. The van der Waals surface area contributed by atoms with Gasteiger partial charge in [0, 0.05) is 16.1 Å². The Morgan fingerprint density at radius 2 is 1.93 bits per heavy atom. The molecule has 1 heterocycles. The Kier molecular flexibility index (Phi) is 6.88. The van der Waals surface area contributed by atoms with Crippen LogP contribution in [0.4, 0.5) is 5.13 Å². The third-order valence-electron chi connectivity index (χ3n) is 3.65. The Morgan fingerprint density at radius 3 is 2.66 bits per heavy atom. The summed E-state index contributed by atoms with van der Waals surface area (Å²) in [5.74, 6) is -0.0374. The van der Waals surface area contributed by atoms with Gasteiger partial charge in [-0.2, -0.15) is 5.10 Å². The maximum atomic E-state index is 12.2. The minimum atomic E-state index is -0.363. The SMILES string of the molecule is COc1ccc(C(=O)Nc2nnc(CC(=O)N/N=C\c3ccccc3Cl)s2)cc1. The van der Waals surface area contributed by atoms with E-state index in [9.17, 15) is 9.59 Å². The fourth-order valence-corrected chi connectivity index (χ4v) is 3.14. The van der Waals surface area contributed by atoms with Crippen molar-refractivity contribution in [1.29, 1.82) is 0 Å². The van der Waals surface area contributed by atoms with Crippen molar-refractivity contribution in [1.82, 2.24) is 15.6 Å². The average Bonchev–Trinajstić information content (AvgIpc) is 3.16. The number of carbonyl (C=O) groups is 2. The van der Waals surface area contributed by atoms with Gasteiger partial charge in [0.2, 0.25) is 11.0 Å². The van der Waals surface area contributed by atoms with Gasteiger partial charge in [0.05, 0.1) is 19.7 Å². The van der Waals surface area contributed by atoms with Crippen molar-refractivity contribution >= 4 is 46.1 Å². The summed E-state index contributed by atoms with van der Waals surface area (Å²) in [6, 6.07) is 13.8. The zero-order valence-corrected chi connectivity index (χ0v) is 16.8. The number of methoxy groups -OCH3 is 1. The van der Waals surface area contributed by atoms with Crippen molar-refractivity contribution in [3.8, 4) is 5.75 Å². The van der Waals surface area contributed by atoms with Gasteiger partial charge in [-0.3, -0.25) is 14.9 Å². The number of anilines is 1. The van der Waals surface area contributed by atoms with Crippen LogP contribution < -0.4 is 15.5 Å². The average molecular weight is 430 g/mol. The number of nitrogens with one attached hydrogen (secondary N) is 2. The highest BCUT2D eigenvalue weighted by Crippen LogP contribution is 2.18. The fraction of sp³-hybridized carbons (Fsp3) is 0.105. The molecule has 0 fully saturated rings. The van der Waals surface area contributed by atoms with Gasteiger partial charge in [-0.05, 0) is 30.3 Å². The molecule has 10 heteroatoms. The third-order valence-corrected chi connectivity index (χ3v) is 4.83. The Balaban J connectivity index is 1.52. The largest absolute Gasteiger partial charge is 0.497 e. The number of carbonyl (C=O) groups excluding carboxylic acids is 2. The molecule has 0 aliphatic carbocycles. The lowest BCUT2D eigenvalue weighted by Gasteiger charge is -2.02. The van der Waals surface area contributed by atoms with E-state index in [1.165, 1.54) is 6.21 Å². The number of halogens is 1. The number of hydrazone groups is 1. The highest BCUT2D eigenvalue weighted by Gasteiger charge is 2.12. The van der Waals surface area contributed by atoms with Gasteiger partial charge < -0.3 is 4.74 Å². The highest BCUT2D eigenvalue weighted by molar-refractivity contribution is 7.15. The molecular formula is C19H16ClN5O3S. The summed E-state index contributed by atoms with van der Waals surface area (Å²) >= 11 is 7.12. The first-order chi connectivity index (χ1) is 14.0. The lowest BCUT2D eigenvalue weighted by Crippen LogP contribution is -2.19. The molecule has 0 bridgehead atoms. The Hall–Kier alpha value is -3.30. The van der Waals surface area contributed by atoms with E-state index in [1.807, 2.05) is 6.07 Å². The molecule has 0 saturated heterocycles. The Bertz CT molecular complexity index is 1040. The van der Waals surface area contributed by atoms with E-state index in [0.717, 1.165) is 11.3 Å². The normalized spacial score (nSPS) is 10.7. The zero-order valence-electron chi connectivity index (χ0n) is 15.3. The van der Waals surface area contributed by atoms with Crippen LogP contribution in [0.5, 0.6) is 5.75 Å². The van der Waals surface area contributed by atoms with E-state index < -0.39 is 0 Å². The van der Waals surface area contributed by atoms with Crippen molar-refractivity contribution < 1.29 is 14.3 Å². The van der Waals surface area contributed by atoms with Gasteiger partial charge in [-0.1, -0.05) is 41.1 Å². The summed E-state index contributed by atoms with van der Waals surface area (Å²) in [6.45, 7) is 0. The van der Waals surface area contributed by atoms with Crippen LogP contribution in [-0.4, -0.2) is 35.3 Å². The zero-order chi connectivity index (χ0) is 20.6. The molecule has 0 aliphatic rings. The molecule has 0 radical (unpaired) electrons. The second-order valence-electron chi connectivity index (χ2n) is 5.68. The predicted molar refractivity (Wildman–Crippen MR) is 112 cm³/mol. The number of aromatic nitrogens is 2. The van der Waals surface area contributed by atoms with Crippen LogP contribution in [0.15, 0.2) is 53.6 Å². The first-order valence-electron chi connectivity index (χ1n) is 8.39. The summed E-state index contributed by atoms with van der Waals surface area (Å²) in [7, 11) is 1.55. The molecule has 0 aliphatic heterocycles. The molecule has 0 saturated carbocycles. The summed E-state index contributed by atoms with van der Waals surface area (Å²) in [5, 5.41) is 15.6. The summed E-state index contributed by atoms with van der Waals surface area (Å²) in [5.41, 5.74) is 3.55. The molecule has 1 aromatic heterocycles. The second kappa shape index (κ2) is 9.76. The maximum Gasteiger partial charge on any atom is 0.257 e. The standard InChI is InChI=1S/C19H16ClN5O3S/c1-28-14-8-6-12(7-9-14)18(27)22-19-25-24-17(29-19)10-16(26)23-21-11-13-4-2-3-5-15(13)20/h2-9,11H,10H2,1H3,(H,23,26)(H,22,25,27)/b21-11-. The van der Waals surface area contributed by atoms with E-state index in [4.69, 9.17) is 16.3 Å². The van der Waals surface area contributed by atoms with Crippen LogP contribution in [-0.2, 0) is 11.2 Å². The predicted octanol–water partition coefficient (Wildman–Crippen LogP) is 3.15. The number of hydrogen-bond donors (Lipinski definition) is 2. The molecule has 0 spiro atoms. The van der Waals surface area contributed by atoms with Gasteiger partial charge in [0.15, 0.2) is 0 Å². The third kappa shape index (κ3) is 5.84. The molecule has 2 aromatic carbocycles. The van der Waals surface area contributed by atoms with E-state index in [1.54, 1.807) is 49.6 Å². The number of amides is 2.